The van der Waals surface area contributed by atoms with Crippen LogP contribution in [0.3, 0.4) is 0 Å². The summed E-state index contributed by atoms with van der Waals surface area (Å²) in [5, 5.41) is 0.279. The highest BCUT2D eigenvalue weighted by molar-refractivity contribution is 7.93. The number of methoxy groups -OCH3 is 1. The number of likely N-dealkylation sites (tertiary alicyclic amines) is 1. The molecule has 14 nitrogen and oxygen atoms in total. The molecule has 1 amide bonds. The Labute approximate surface area is 304 Å². The number of piperidine rings is 1. The Bertz CT molecular complexity index is 1850. The van der Waals surface area contributed by atoms with Crippen LogP contribution in [0.15, 0.2) is 24.4 Å². The number of benzene rings is 1. The second kappa shape index (κ2) is 17.0. The Hall–Kier alpha value is -3.91. The summed E-state index contributed by atoms with van der Waals surface area (Å²) in [6.45, 7) is 4.28. The molecule has 3 aliphatic rings. The molecule has 1 aromatic carbocycles. The minimum atomic E-state index is -5.82. The van der Waals surface area contributed by atoms with Crippen molar-refractivity contribution in [1.82, 2.24) is 25.3 Å². The van der Waals surface area contributed by atoms with Crippen molar-refractivity contribution in [3.63, 3.8) is 0 Å². The molecule has 1 unspecified atom stereocenters. The predicted molar refractivity (Wildman–Crippen MR) is 186 cm³/mol. The molecule has 0 saturated carbocycles. The largest absolute Gasteiger partial charge is 0.516 e. The third kappa shape index (κ3) is 9.80. The number of anilines is 2. The van der Waals surface area contributed by atoms with Crippen LogP contribution in [0.5, 0.6) is 5.88 Å². The summed E-state index contributed by atoms with van der Waals surface area (Å²) in [5.74, 6) is -0.402. The molecule has 3 aromatic rings. The molecule has 3 aliphatic heterocycles. The molecule has 0 bridgehead atoms. The molecule has 5 heterocycles. The van der Waals surface area contributed by atoms with Crippen molar-refractivity contribution in [2.24, 2.45) is 5.92 Å². The number of nitrogens with zero attached hydrogens (tertiary/aromatic N) is 5. The number of aromatic nitrogens is 3. The van der Waals surface area contributed by atoms with Gasteiger partial charge in [-0.15, -0.1) is 0 Å². The van der Waals surface area contributed by atoms with Crippen molar-refractivity contribution in [3.8, 4) is 17.1 Å². The van der Waals surface area contributed by atoms with Gasteiger partial charge in [0.1, 0.15) is 11.5 Å². The fraction of sp³-hybridized carbons (Fsp3) is 0.588. The Morgan fingerprint density at radius 3 is 2.51 bits per heavy atom. The normalized spacial score (nSPS) is 19.3. The lowest BCUT2D eigenvalue weighted by molar-refractivity contribution is -0.200. The highest BCUT2D eigenvalue weighted by Gasteiger charge is 2.46. The summed E-state index contributed by atoms with van der Waals surface area (Å²) in [7, 11) is -4.68. The fourth-order valence-corrected chi connectivity index (χ4v) is 7.28. The summed E-state index contributed by atoms with van der Waals surface area (Å²) >= 11 is 0. The predicted octanol–water partition coefficient (Wildman–Crippen LogP) is 4.89. The topological polar surface area (TPSA) is 157 Å². The first kappa shape index (κ1) is 38.8. The minimum Gasteiger partial charge on any atom is -0.480 e. The van der Waals surface area contributed by atoms with E-state index in [0.29, 0.717) is 68.8 Å². The number of hydroxylamine groups is 1. The van der Waals surface area contributed by atoms with Crippen molar-refractivity contribution >= 4 is 38.5 Å². The number of fused-ring (bicyclic) bond motifs is 1. The number of hydrogen-bond acceptors (Lipinski definition) is 12. The zero-order valence-corrected chi connectivity index (χ0v) is 30.1. The molecule has 1 atom stereocenters. The van der Waals surface area contributed by atoms with Gasteiger partial charge in [0.25, 0.3) is 0 Å². The second-order valence-corrected chi connectivity index (χ2v) is 15.0. The SMILES string of the molecule is COc1ncc(-c2nc(N3CCOCC3)nc3c(CN4CCC(CCCC(=O)NOC5CCCCO5)CC4)cc(F)cc23)cc1NS(=O)(=O)C(F)(F)F. The van der Waals surface area contributed by atoms with E-state index < -0.39 is 39.2 Å². The highest BCUT2D eigenvalue weighted by atomic mass is 32.2. The third-order valence-corrected chi connectivity index (χ3v) is 10.7. The number of carbonyl (C=O) groups excluding carboxylic acids is 1. The second-order valence-electron chi connectivity index (χ2n) is 13.3. The fourth-order valence-electron chi connectivity index (χ4n) is 6.73. The van der Waals surface area contributed by atoms with E-state index in [2.05, 4.69) is 15.4 Å². The molecular formula is C34H43F4N7O7S. The Morgan fingerprint density at radius 1 is 1.04 bits per heavy atom. The van der Waals surface area contributed by atoms with Gasteiger partial charge in [0.05, 0.1) is 31.5 Å². The van der Waals surface area contributed by atoms with Crippen LogP contribution < -0.4 is 19.8 Å². The number of rotatable bonds is 13. The Morgan fingerprint density at radius 2 is 1.81 bits per heavy atom. The van der Waals surface area contributed by atoms with Crippen LogP contribution in [0.2, 0.25) is 0 Å². The first-order chi connectivity index (χ1) is 25.4. The molecule has 0 radical (unpaired) electrons. The molecule has 0 aliphatic carbocycles. The lowest BCUT2D eigenvalue weighted by Crippen LogP contribution is -2.37. The zero-order valence-electron chi connectivity index (χ0n) is 29.3. The van der Waals surface area contributed by atoms with Crippen LogP contribution in [-0.4, -0.2) is 99.1 Å². The number of sulfonamides is 1. The summed E-state index contributed by atoms with van der Waals surface area (Å²) in [6.07, 6.45) is 7.41. The van der Waals surface area contributed by atoms with Crippen molar-refractivity contribution in [1.29, 1.82) is 0 Å². The van der Waals surface area contributed by atoms with Gasteiger partial charge in [0, 0.05) is 56.2 Å². The monoisotopic (exact) mass is 769 g/mol. The maximum Gasteiger partial charge on any atom is 0.516 e. The lowest BCUT2D eigenvalue weighted by atomic mass is 9.91. The van der Waals surface area contributed by atoms with Gasteiger partial charge >= 0.3 is 15.5 Å². The van der Waals surface area contributed by atoms with Crippen molar-refractivity contribution < 1.29 is 49.8 Å². The summed E-state index contributed by atoms with van der Waals surface area (Å²) in [6, 6.07) is 3.79. The van der Waals surface area contributed by atoms with Crippen molar-refractivity contribution in [2.45, 2.75) is 69.7 Å². The number of nitrogens with one attached hydrogen (secondary N) is 2. The lowest BCUT2D eigenvalue weighted by Gasteiger charge is -2.32. The number of halogens is 4. The maximum atomic E-state index is 15.4. The number of hydrogen-bond donors (Lipinski definition) is 2. The van der Waals surface area contributed by atoms with E-state index >= 15 is 4.39 Å². The molecule has 3 saturated heterocycles. The summed E-state index contributed by atoms with van der Waals surface area (Å²) in [4.78, 5) is 35.4. The number of pyridine rings is 1. The van der Waals surface area contributed by atoms with Gasteiger partial charge in [-0.3, -0.25) is 14.4 Å². The molecule has 2 aromatic heterocycles. The molecular weight excluding hydrogens is 726 g/mol. The van der Waals surface area contributed by atoms with E-state index in [1.807, 2.05) is 4.90 Å². The standard InChI is InChI=1S/C34H43F4N7O7S/c1-49-32-27(43-53(47,48)34(36,37)38)18-23(20-39-32)30-26-19-25(35)17-24(31(26)41-33(40-30)45-12-15-50-16-13-45)21-44-10-8-22(9-11-44)5-4-6-28(46)42-52-29-7-2-3-14-51-29/h17-20,22,29,43H,2-16,21H2,1H3,(H,42,46). The van der Waals surface area contributed by atoms with E-state index in [1.54, 1.807) is 0 Å². The van der Waals surface area contributed by atoms with Crippen LogP contribution >= 0.6 is 0 Å². The number of amides is 1. The van der Waals surface area contributed by atoms with E-state index in [0.717, 1.165) is 71.2 Å². The van der Waals surface area contributed by atoms with Crippen LogP contribution in [0.1, 0.15) is 56.9 Å². The third-order valence-electron chi connectivity index (χ3n) is 9.55. The molecule has 6 rings (SSSR count). The van der Waals surface area contributed by atoms with Gasteiger partial charge in [-0.1, -0.05) is 0 Å². The summed E-state index contributed by atoms with van der Waals surface area (Å²) < 4.78 is 96.8. The van der Waals surface area contributed by atoms with E-state index in [9.17, 15) is 26.4 Å². The average molecular weight is 770 g/mol. The highest BCUT2D eigenvalue weighted by Crippen LogP contribution is 2.36. The van der Waals surface area contributed by atoms with Crippen LogP contribution in [-0.2, 0) is 35.7 Å². The van der Waals surface area contributed by atoms with E-state index in [-0.39, 0.29) is 22.6 Å². The molecule has 2 N–H and O–H groups in total. The molecule has 290 valence electrons. The molecule has 19 heteroatoms. The van der Waals surface area contributed by atoms with Crippen molar-refractivity contribution in [3.05, 3.63) is 35.8 Å². The smallest absolute Gasteiger partial charge is 0.480 e. The number of alkyl halides is 3. The van der Waals surface area contributed by atoms with Gasteiger partial charge in [-0.2, -0.15) is 21.6 Å². The van der Waals surface area contributed by atoms with Crippen LogP contribution in [0.4, 0.5) is 29.2 Å². The molecule has 53 heavy (non-hydrogen) atoms. The Kier molecular flexibility index (Phi) is 12.5. The summed E-state index contributed by atoms with van der Waals surface area (Å²) in [5.41, 5.74) is -2.35. The van der Waals surface area contributed by atoms with Gasteiger partial charge in [-0.25, -0.2) is 29.7 Å². The van der Waals surface area contributed by atoms with Crippen LogP contribution in [0, 0.1) is 11.7 Å². The van der Waals surface area contributed by atoms with E-state index in [4.69, 9.17) is 29.0 Å². The molecule has 3 fully saturated rings. The molecule has 0 spiro atoms. The quantitative estimate of drug-likeness (QED) is 0.180. The van der Waals surface area contributed by atoms with Crippen molar-refractivity contribution in [2.75, 3.05) is 62.7 Å². The van der Waals surface area contributed by atoms with Gasteiger partial charge in [-0.05, 0) is 81.3 Å². The minimum absolute atomic E-state index is 0.118. The maximum absolute atomic E-state index is 15.4. The van der Waals surface area contributed by atoms with Gasteiger partial charge < -0.3 is 19.1 Å². The average Bonchev–Trinajstić information content (AvgIpc) is 3.14. The zero-order chi connectivity index (χ0) is 37.6. The van der Waals surface area contributed by atoms with Gasteiger partial charge in [0.2, 0.25) is 17.7 Å². The number of ether oxygens (including phenoxy) is 3. The first-order valence-electron chi connectivity index (χ1n) is 17.6. The van der Waals surface area contributed by atoms with Crippen LogP contribution in [0.25, 0.3) is 22.2 Å². The van der Waals surface area contributed by atoms with Gasteiger partial charge in [0.15, 0.2) is 6.29 Å². The number of morpholine rings is 1. The van der Waals surface area contributed by atoms with E-state index in [1.165, 1.54) is 23.1 Å². The first-order valence-corrected chi connectivity index (χ1v) is 19.1. The number of carbonyl (C=O) groups is 1. The Balaban J connectivity index is 1.19.